The molecule has 24 heavy (non-hydrogen) atoms. The number of imide groups is 1. The minimum atomic E-state index is -0.686. The monoisotopic (exact) mass is 328 g/mol. The van der Waals surface area contributed by atoms with Crippen molar-refractivity contribution in [1.82, 2.24) is 9.88 Å². The molecular weight excluding hydrogens is 316 g/mol. The van der Waals surface area contributed by atoms with Gasteiger partial charge in [-0.15, -0.1) is 0 Å². The van der Waals surface area contributed by atoms with E-state index in [4.69, 9.17) is 16.2 Å². The van der Waals surface area contributed by atoms with Crippen LogP contribution in [0.2, 0.25) is 0 Å². The fraction of sp³-hybridized carbons (Fsp3) is 0.0667. The third kappa shape index (κ3) is 2.10. The Labute approximate surface area is 134 Å². The highest BCUT2D eigenvalue weighted by Crippen LogP contribution is 2.28. The molecule has 0 spiro atoms. The van der Waals surface area contributed by atoms with E-state index in [1.54, 1.807) is 0 Å². The minimum Gasteiger partial charge on any atom is -0.495 e. The average molecular weight is 328 g/mol. The average Bonchev–Trinajstić information content (AvgIpc) is 2.81. The molecule has 0 radical (unpaired) electrons. The first kappa shape index (κ1) is 15.3. The smallest absolute Gasteiger partial charge is 0.262 e. The van der Waals surface area contributed by atoms with Crippen LogP contribution < -0.4 is 27.1 Å². The van der Waals surface area contributed by atoms with E-state index in [1.807, 2.05) is 0 Å². The molecule has 0 bridgehead atoms. The normalized spacial score (nSPS) is 12.7. The highest BCUT2D eigenvalue weighted by Gasteiger charge is 2.32. The number of nitrogens with one attached hydrogen (secondary N) is 1. The summed E-state index contributed by atoms with van der Waals surface area (Å²) in [4.78, 5) is 47.2. The molecule has 0 saturated carbocycles. The lowest BCUT2D eigenvalue weighted by Crippen LogP contribution is -2.24. The number of pyridine rings is 1. The van der Waals surface area contributed by atoms with E-state index in [2.05, 4.69) is 5.32 Å². The Balaban J connectivity index is 2.31. The molecule has 0 unspecified atom stereocenters. The second-order valence-electron chi connectivity index (χ2n) is 5.03. The molecule has 1 aromatic carbocycles. The van der Waals surface area contributed by atoms with Crippen LogP contribution in [-0.2, 0) is 0 Å². The first-order chi connectivity index (χ1) is 11.3. The van der Waals surface area contributed by atoms with E-state index < -0.39 is 23.3 Å². The summed E-state index contributed by atoms with van der Waals surface area (Å²) >= 11 is 0. The van der Waals surface area contributed by atoms with Crippen LogP contribution in [0, 0.1) is 0 Å². The van der Waals surface area contributed by atoms with Gasteiger partial charge < -0.3 is 16.2 Å². The minimum absolute atomic E-state index is 0.0773. The quantitative estimate of drug-likeness (QED) is 0.642. The van der Waals surface area contributed by atoms with Gasteiger partial charge in [0.1, 0.15) is 11.6 Å². The van der Waals surface area contributed by atoms with Crippen molar-refractivity contribution in [3.8, 4) is 11.4 Å². The molecule has 2 aromatic rings. The van der Waals surface area contributed by atoms with Crippen LogP contribution in [0.5, 0.6) is 5.75 Å². The molecule has 2 heterocycles. The van der Waals surface area contributed by atoms with Crippen LogP contribution in [0.1, 0.15) is 31.1 Å². The van der Waals surface area contributed by atoms with E-state index in [-0.39, 0.29) is 33.9 Å². The van der Waals surface area contributed by atoms with Gasteiger partial charge in [0.05, 0.1) is 23.9 Å². The molecule has 0 atom stereocenters. The number of rotatable bonds is 3. The van der Waals surface area contributed by atoms with Gasteiger partial charge in [-0.1, -0.05) is 0 Å². The molecule has 0 aliphatic carbocycles. The summed E-state index contributed by atoms with van der Waals surface area (Å²) in [5.74, 6) is -2.08. The number of hydrogen-bond acceptors (Lipinski definition) is 6. The van der Waals surface area contributed by atoms with Gasteiger partial charge in [-0.25, -0.2) is 0 Å². The number of methoxy groups -OCH3 is 1. The van der Waals surface area contributed by atoms with Gasteiger partial charge in [0.25, 0.3) is 17.4 Å². The van der Waals surface area contributed by atoms with Gasteiger partial charge in [0.2, 0.25) is 5.91 Å². The maximum absolute atomic E-state index is 12.4. The maximum atomic E-state index is 12.4. The van der Waals surface area contributed by atoms with E-state index in [0.717, 1.165) is 10.6 Å². The standard InChI is InChI=1S/C15H12N4O5/c1-24-9-4-6(13(17)21)2-3-8(9)19-10(20)5-7-11(12(19)16)15(23)18-14(7)22/h2-5H,16H2,1H3,(H2,17,21)(H,18,22,23). The molecule has 9 heteroatoms. The summed E-state index contributed by atoms with van der Waals surface area (Å²) in [5, 5.41) is 2.08. The van der Waals surface area contributed by atoms with Crippen molar-refractivity contribution in [2.24, 2.45) is 5.73 Å². The number of hydrogen-bond donors (Lipinski definition) is 3. The summed E-state index contributed by atoms with van der Waals surface area (Å²) < 4.78 is 6.21. The van der Waals surface area contributed by atoms with Crippen LogP contribution in [-0.4, -0.2) is 29.4 Å². The molecule has 122 valence electrons. The number of aromatic nitrogens is 1. The van der Waals surface area contributed by atoms with Crippen LogP contribution in [0.4, 0.5) is 5.82 Å². The summed E-state index contributed by atoms with van der Waals surface area (Å²) in [6, 6.07) is 5.18. The van der Waals surface area contributed by atoms with Crippen LogP contribution in [0.25, 0.3) is 5.69 Å². The van der Waals surface area contributed by atoms with Gasteiger partial charge in [-0.05, 0) is 18.2 Å². The number of amides is 3. The predicted octanol–water partition coefficient (Wildman–Crippen LogP) is -0.589. The Hall–Kier alpha value is -3.62. The second kappa shape index (κ2) is 5.23. The fourth-order valence-electron chi connectivity index (χ4n) is 2.54. The number of anilines is 1. The number of carbonyl (C=O) groups is 3. The zero-order chi connectivity index (χ0) is 17.6. The van der Waals surface area contributed by atoms with Gasteiger partial charge in [-0.3, -0.25) is 29.1 Å². The number of nitrogen functional groups attached to an aromatic ring is 1. The Morgan fingerprint density at radius 1 is 1.17 bits per heavy atom. The SMILES string of the molecule is COc1cc(C(N)=O)ccc1-n1c(N)c2c(cc1=O)C(=O)NC2=O. The van der Waals surface area contributed by atoms with E-state index in [9.17, 15) is 19.2 Å². The van der Waals surface area contributed by atoms with Gasteiger partial charge >= 0.3 is 0 Å². The Morgan fingerprint density at radius 2 is 1.88 bits per heavy atom. The van der Waals surface area contributed by atoms with Crippen molar-refractivity contribution in [2.45, 2.75) is 0 Å². The second-order valence-corrected chi connectivity index (χ2v) is 5.03. The fourth-order valence-corrected chi connectivity index (χ4v) is 2.54. The Bertz CT molecular complexity index is 977. The van der Waals surface area contributed by atoms with Gasteiger partial charge in [-0.2, -0.15) is 0 Å². The zero-order valence-electron chi connectivity index (χ0n) is 12.5. The highest BCUT2D eigenvalue weighted by atomic mass is 16.5. The summed E-state index contributed by atoms with van der Waals surface area (Å²) in [5.41, 5.74) is 10.8. The zero-order valence-corrected chi connectivity index (χ0v) is 12.5. The molecule has 1 aromatic heterocycles. The van der Waals surface area contributed by atoms with Crippen LogP contribution in [0.15, 0.2) is 29.1 Å². The summed E-state index contributed by atoms with van der Waals surface area (Å²) in [6.45, 7) is 0. The van der Waals surface area contributed by atoms with Crippen molar-refractivity contribution >= 4 is 23.5 Å². The maximum Gasteiger partial charge on any atom is 0.262 e. The molecule has 9 nitrogen and oxygen atoms in total. The Kier molecular flexibility index (Phi) is 3.33. The topological polar surface area (TPSA) is 147 Å². The number of carbonyl (C=O) groups excluding carboxylic acids is 3. The molecule has 1 aliphatic rings. The van der Waals surface area contributed by atoms with Crippen LogP contribution >= 0.6 is 0 Å². The lowest BCUT2D eigenvalue weighted by atomic mass is 10.1. The molecule has 0 saturated heterocycles. The number of benzene rings is 1. The summed E-state index contributed by atoms with van der Waals surface area (Å²) in [6.07, 6.45) is 0. The lowest BCUT2D eigenvalue weighted by molar-refractivity contribution is 0.0878. The Morgan fingerprint density at radius 3 is 2.50 bits per heavy atom. The molecule has 3 rings (SSSR count). The van der Waals surface area contributed by atoms with Crippen molar-refractivity contribution in [3.05, 3.63) is 51.3 Å². The number of primary amides is 1. The highest BCUT2D eigenvalue weighted by molar-refractivity contribution is 6.23. The van der Waals surface area contributed by atoms with Crippen LogP contribution in [0.3, 0.4) is 0 Å². The van der Waals surface area contributed by atoms with Crippen molar-refractivity contribution in [3.63, 3.8) is 0 Å². The molecule has 5 N–H and O–H groups in total. The molecule has 1 aliphatic heterocycles. The van der Waals surface area contributed by atoms with Crippen molar-refractivity contribution in [2.75, 3.05) is 12.8 Å². The summed E-state index contributed by atoms with van der Waals surface area (Å²) in [7, 11) is 1.34. The van der Waals surface area contributed by atoms with Crippen molar-refractivity contribution in [1.29, 1.82) is 0 Å². The van der Waals surface area contributed by atoms with Gasteiger partial charge in [0, 0.05) is 11.6 Å². The van der Waals surface area contributed by atoms with E-state index >= 15 is 0 Å². The van der Waals surface area contributed by atoms with E-state index in [0.29, 0.717) is 0 Å². The predicted molar refractivity (Wildman–Crippen MR) is 83.3 cm³/mol. The first-order valence-corrected chi connectivity index (χ1v) is 6.74. The third-order valence-electron chi connectivity index (χ3n) is 3.66. The van der Waals surface area contributed by atoms with Gasteiger partial charge in [0.15, 0.2) is 0 Å². The number of nitrogens with two attached hydrogens (primary N) is 2. The lowest BCUT2D eigenvalue weighted by Gasteiger charge is -2.15. The van der Waals surface area contributed by atoms with E-state index in [1.165, 1.54) is 25.3 Å². The number of fused-ring (bicyclic) bond motifs is 1. The van der Waals surface area contributed by atoms with Crippen molar-refractivity contribution < 1.29 is 19.1 Å². The molecular formula is C15H12N4O5. The molecule has 3 amide bonds. The first-order valence-electron chi connectivity index (χ1n) is 6.74. The third-order valence-corrected chi connectivity index (χ3v) is 3.66. The number of ether oxygens (including phenoxy) is 1. The largest absolute Gasteiger partial charge is 0.495 e. The number of nitrogens with zero attached hydrogens (tertiary/aromatic N) is 1. The molecule has 0 fully saturated rings.